The summed E-state index contributed by atoms with van der Waals surface area (Å²) in [6, 6.07) is -0.766. The molecule has 0 radical (unpaired) electrons. The number of carbonyl (C=O) groups excluding carboxylic acids is 4. The van der Waals surface area contributed by atoms with Crippen LogP contribution in [0, 0.1) is 5.92 Å². The van der Waals surface area contributed by atoms with Crippen LogP contribution in [0.25, 0.3) is 0 Å². The van der Waals surface area contributed by atoms with Crippen molar-refractivity contribution in [3.8, 4) is 0 Å². The van der Waals surface area contributed by atoms with Crippen LogP contribution in [0.15, 0.2) is 0 Å². The first-order valence-corrected chi connectivity index (χ1v) is 5.49. The lowest BCUT2D eigenvalue weighted by molar-refractivity contribution is -0.143. The van der Waals surface area contributed by atoms with E-state index in [1.54, 1.807) is 6.92 Å². The minimum atomic E-state index is -0.848. The number of amides is 5. The van der Waals surface area contributed by atoms with E-state index in [9.17, 15) is 19.2 Å². The summed E-state index contributed by atoms with van der Waals surface area (Å²) in [5.74, 6) is -2.61. The molecular weight excluding hydrogens is 242 g/mol. The van der Waals surface area contributed by atoms with Gasteiger partial charge >= 0.3 is 6.03 Å². The molecule has 1 unspecified atom stereocenters. The Morgan fingerprint density at radius 3 is 2.67 bits per heavy atom. The van der Waals surface area contributed by atoms with Crippen LogP contribution in [0.4, 0.5) is 4.79 Å². The number of primary amides is 1. The quantitative estimate of drug-likeness (QED) is 0.447. The van der Waals surface area contributed by atoms with Crippen LogP contribution in [0.3, 0.4) is 0 Å². The number of rotatable bonds is 6. The van der Waals surface area contributed by atoms with E-state index in [4.69, 9.17) is 10.5 Å². The average Bonchev–Trinajstić information content (AvgIpc) is 2.27. The summed E-state index contributed by atoms with van der Waals surface area (Å²) in [7, 11) is 0. The van der Waals surface area contributed by atoms with Crippen LogP contribution in [0.2, 0.25) is 0 Å². The zero-order chi connectivity index (χ0) is 13.7. The number of nitrogens with one attached hydrogen (secondary N) is 1. The molecule has 3 N–H and O–H groups in total. The predicted octanol–water partition coefficient (Wildman–Crippen LogP) is -1.41. The van der Waals surface area contributed by atoms with Gasteiger partial charge in [-0.25, -0.2) is 4.79 Å². The summed E-state index contributed by atoms with van der Waals surface area (Å²) in [5.41, 5.74) is 4.86. The second-order valence-electron chi connectivity index (χ2n) is 3.76. The van der Waals surface area contributed by atoms with Gasteiger partial charge in [-0.1, -0.05) is 6.92 Å². The van der Waals surface area contributed by atoms with Gasteiger partial charge in [-0.05, 0) is 6.42 Å². The lowest BCUT2D eigenvalue weighted by Crippen LogP contribution is -2.58. The lowest BCUT2D eigenvalue weighted by atomic mass is 10.0. The molecule has 18 heavy (non-hydrogen) atoms. The Bertz CT molecular complexity index is 382. The molecule has 0 spiro atoms. The van der Waals surface area contributed by atoms with E-state index in [0.717, 1.165) is 4.90 Å². The normalized spacial score (nSPS) is 19.9. The van der Waals surface area contributed by atoms with Crippen molar-refractivity contribution in [1.29, 1.82) is 0 Å². The number of hydrogen-bond donors (Lipinski definition) is 2. The maximum absolute atomic E-state index is 11.8. The Labute approximate surface area is 103 Å². The monoisotopic (exact) mass is 257 g/mol. The summed E-state index contributed by atoms with van der Waals surface area (Å²) in [6.45, 7) is 1.37. The number of urea groups is 1. The molecule has 1 rings (SSSR count). The van der Waals surface area contributed by atoms with Crippen molar-refractivity contribution in [3.05, 3.63) is 0 Å². The largest absolute Gasteiger partial charge is 0.370 e. The Kier molecular flexibility index (Phi) is 4.78. The van der Waals surface area contributed by atoms with Gasteiger partial charge in [0.1, 0.15) is 12.5 Å². The standard InChI is InChI=1S/C10H15N3O5/c1-2-6-8(15)12-10(17)13(9(6)16)3-4-18-5-7(11)14/h6H,2-5H2,1H3,(H2,11,14)(H,12,15,17). The number of ether oxygens (including phenoxy) is 1. The third-order valence-corrected chi connectivity index (χ3v) is 2.47. The van der Waals surface area contributed by atoms with E-state index < -0.39 is 29.7 Å². The number of imide groups is 2. The molecule has 1 aliphatic rings. The molecule has 1 atom stereocenters. The molecule has 1 fully saturated rings. The van der Waals surface area contributed by atoms with E-state index in [2.05, 4.69) is 5.32 Å². The molecule has 100 valence electrons. The van der Waals surface area contributed by atoms with Gasteiger partial charge in [0.2, 0.25) is 17.7 Å². The minimum absolute atomic E-state index is 0.00722. The fourth-order valence-electron chi connectivity index (χ4n) is 1.56. The molecule has 0 aromatic rings. The fourth-order valence-corrected chi connectivity index (χ4v) is 1.56. The lowest BCUT2D eigenvalue weighted by Gasteiger charge is -2.29. The smallest absolute Gasteiger partial charge is 0.330 e. The zero-order valence-electron chi connectivity index (χ0n) is 9.97. The van der Waals surface area contributed by atoms with Crippen LogP contribution in [-0.4, -0.2) is 48.4 Å². The van der Waals surface area contributed by atoms with Gasteiger partial charge in [0.25, 0.3) is 0 Å². The number of nitrogens with zero attached hydrogens (tertiary/aromatic N) is 1. The zero-order valence-corrected chi connectivity index (χ0v) is 9.97. The van der Waals surface area contributed by atoms with Crippen molar-refractivity contribution in [3.63, 3.8) is 0 Å². The topological polar surface area (TPSA) is 119 Å². The Hall–Kier alpha value is -1.96. The molecule has 1 saturated heterocycles. The van der Waals surface area contributed by atoms with Gasteiger partial charge in [0.15, 0.2) is 0 Å². The number of carbonyl (C=O) groups is 4. The van der Waals surface area contributed by atoms with Gasteiger partial charge in [0, 0.05) is 0 Å². The number of hydrogen-bond acceptors (Lipinski definition) is 5. The Morgan fingerprint density at radius 1 is 1.44 bits per heavy atom. The summed E-state index contributed by atoms with van der Waals surface area (Å²) >= 11 is 0. The van der Waals surface area contributed by atoms with Gasteiger partial charge in [-0.3, -0.25) is 24.6 Å². The molecule has 0 saturated carbocycles. The third-order valence-electron chi connectivity index (χ3n) is 2.47. The first kappa shape index (κ1) is 14.1. The summed E-state index contributed by atoms with van der Waals surface area (Å²) < 4.78 is 4.86. The average molecular weight is 257 g/mol. The summed E-state index contributed by atoms with van der Waals surface area (Å²) in [4.78, 5) is 45.9. The molecule has 5 amide bonds. The predicted molar refractivity (Wildman–Crippen MR) is 59.0 cm³/mol. The van der Waals surface area contributed by atoms with Gasteiger partial charge in [-0.2, -0.15) is 0 Å². The van der Waals surface area contributed by atoms with E-state index in [1.807, 2.05) is 0 Å². The van der Waals surface area contributed by atoms with Crippen LogP contribution >= 0.6 is 0 Å². The van der Waals surface area contributed by atoms with Crippen molar-refractivity contribution in [1.82, 2.24) is 10.2 Å². The third kappa shape index (κ3) is 3.27. The van der Waals surface area contributed by atoms with E-state index >= 15 is 0 Å². The van der Waals surface area contributed by atoms with Crippen LogP contribution in [-0.2, 0) is 19.1 Å². The van der Waals surface area contributed by atoms with Crippen LogP contribution in [0.1, 0.15) is 13.3 Å². The van der Waals surface area contributed by atoms with Crippen molar-refractivity contribution in [2.24, 2.45) is 11.7 Å². The van der Waals surface area contributed by atoms with E-state index in [0.29, 0.717) is 6.42 Å². The molecular formula is C10H15N3O5. The van der Waals surface area contributed by atoms with Crippen LogP contribution < -0.4 is 11.1 Å². The Balaban J connectivity index is 2.53. The highest BCUT2D eigenvalue weighted by Gasteiger charge is 2.38. The number of nitrogens with two attached hydrogens (primary N) is 1. The highest BCUT2D eigenvalue weighted by molar-refractivity contribution is 6.16. The minimum Gasteiger partial charge on any atom is -0.370 e. The van der Waals surface area contributed by atoms with Crippen molar-refractivity contribution >= 4 is 23.8 Å². The second-order valence-corrected chi connectivity index (χ2v) is 3.76. The van der Waals surface area contributed by atoms with E-state index in [1.165, 1.54) is 0 Å². The van der Waals surface area contributed by atoms with Crippen molar-refractivity contribution in [2.45, 2.75) is 13.3 Å². The van der Waals surface area contributed by atoms with Crippen LogP contribution in [0.5, 0.6) is 0 Å². The number of barbiturate groups is 1. The van der Waals surface area contributed by atoms with Gasteiger partial charge in [-0.15, -0.1) is 0 Å². The SMILES string of the molecule is CCC1C(=O)NC(=O)N(CCOCC(N)=O)C1=O. The maximum atomic E-state index is 11.8. The molecule has 1 aliphatic heterocycles. The molecule has 0 aromatic carbocycles. The first-order valence-electron chi connectivity index (χ1n) is 5.49. The molecule has 0 aliphatic carbocycles. The highest BCUT2D eigenvalue weighted by Crippen LogP contribution is 2.13. The molecule has 8 heteroatoms. The van der Waals surface area contributed by atoms with Crippen molar-refractivity contribution < 1.29 is 23.9 Å². The first-order chi connectivity index (χ1) is 8.47. The van der Waals surface area contributed by atoms with Crippen molar-refractivity contribution in [2.75, 3.05) is 19.8 Å². The highest BCUT2D eigenvalue weighted by atomic mass is 16.5. The molecule has 8 nitrogen and oxygen atoms in total. The molecule has 0 bridgehead atoms. The van der Waals surface area contributed by atoms with Gasteiger partial charge in [0.05, 0.1) is 13.2 Å². The maximum Gasteiger partial charge on any atom is 0.330 e. The van der Waals surface area contributed by atoms with Gasteiger partial charge < -0.3 is 10.5 Å². The second kappa shape index (κ2) is 6.10. The summed E-state index contributed by atoms with van der Waals surface area (Å²) in [6.07, 6.45) is 0.316. The summed E-state index contributed by atoms with van der Waals surface area (Å²) in [5, 5.41) is 2.09. The van der Waals surface area contributed by atoms with E-state index in [-0.39, 0.29) is 19.8 Å². The fraction of sp³-hybridized carbons (Fsp3) is 0.600. The molecule has 1 heterocycles. The molecule has 0 aromatic heterocycles. The Morgan fingerprint density at radius 2 is 2.11 bits per heavy atom.